The van der Waals surface area contributed by atoms with E-state index in [1.54, 1.807) is 0 Å². The molecule has 1 heterocycles. The summed E-state index contributed by atoms with van der Waals surface area (Å²) in [6.45, 7) is 0. The highest BCUT2D eigenvalue weighted by Gasteiger charge is 2.41. The molecular weight excluding hydrogens is 244 g/mol. The highest BCUT2D eigenvalue weighted by molar-refractivity contribution is 5.89. The quantitative estimate of drug-likeness (QED) is 0.838. The number of carbonyl (C=O) groups excluding carboxylic acids is 1. The van der Waals surface area contributed by atoms with Crippen molar-refractivity contribution < 1.29 is 19.4 Å². The lowest BCUT2D eigenvalue weighted by Crippen LogP contribution is -2.17. The number of benzene rings is 2. The molecule has 4 heteroatoms. The van der Waals surface area contributed by atoms with Crippen LogP contribution >= 0.6 is 0 Å². The largest absolute Gasteiger partial charge is 0.481 e. The average molecular weight is 256 g/mol. The van der Waals surface area contributed by atoms with Gasteiger partial charge in [0, 0.05) is 5.56 Å². The van der Waals surface area contributed by atoms with Crippen molar-refractivity contribution in [2.45, 2.75) is 12.5 Å². The molecule has 3 rings (SSSR count). The highest BCUT2D eigenvalue weighted by Crippen LogP contribution is 2.38. The van der Waals surface area contributed by atoms with E-state index in [-0.39, 0.29) is 6.42 Å². The van der Waals surface area contributed by atoms with Gasteiger partial charge in [-0.25, -0.2) is 0 Å². The molecule has 1 aliphatic rings. The number of rotatable bonds is 2. The van der Waals surface area contributed by atoms with E-state index in [1.807, 2.05) is 42.5 Å². The third-order valence-electron chi connectivity index (χ3n) is 3.46. The molecule has 1 N–H and O–H groups in total. The molecule has 0 bridgehead atoms. The van der Waals surface area contributed by atoms with E-state index in [0.717, 1.165) is 16.3 Å². The molecule has 0 radical (unpaired) electrons. The van der Waals surface area contributed by atoms with Gasteiger partial charge in [0.15, 0.2) is 0 Å². The number of esters is 1. The molecule has 19 heavy (non-hydrogen) atoms. The van der Waals surface area contributed by atoms with Gasteiger partial charge in [-0.05, 0) is 10.8 Å². The topological polar surface area (TPSA) is 63.6 Å². The van der Waals surface area contributed by atoms with E-state index in [9.17, 15) is 14.7 Å². The van der Waals surface area contributed by atoms with Crippen molar-refractivity contribution in [2.24, 2.45) is 5.92 Å². The zero-order chi connectivity index (χ0) is 13.4. The van der Waals surface area contributed by atoms with E-state index in [1.165, 1.54) is 0 Å². The first-order valence-electron chi connectivity index (χ1n) is 6.07. The van der Waals surface area contributed by atoms with Crippen LogP contribution in [-0.4, -0.2) is 17.0 Å². The Bertz CT molecular complexity index is 657. The van der Waals surface area contributed by atoms with Crippen LogP contribution in [0.25, 0.3) is 10.8 Å². The molecule has 2 atom stereocenters. The molecule has 2 aromatic carbocycles. The van der Waals surface area contributed by atoms with E-state index in [2.05, 4.69) is 0 Å². The fourth-order valence-electron chi connectivity index (χ4n) is 2.55. The van der Waals surface area contributed by atoms with Gasteiger partial charge in [0.25, 0.3) is 0 Å². The van der Waals surface area contributed by atoms with Crippen molar-refractivity contribution in [1.29, 1.82) is 0 Å². The van der Waals surface area contributed by atoms with Crippen molar-refractivity contribution in [3.8, 4) is 0 Å². The minimum absolute atomic E-state index is 0.0662. The maximum Gasteiger partial charge on any atom is 0.311 e. The van der Waals surface area contributed by atoms with Crippen molar-refractivity contribution in [3.05, 3.63) is 48.0 Å². The van der Waals surface area contributed by atoms with Gasteiger partial charge in [0.1, 0.15) is 12.0 Å². The molecule has 0 aromatic heterocycles. The van der Waals surface area contributed by atoms with Gasteiger partial charge in [-0.15, -0.1) is 0 Å². The second kappa shape index (κ2) is 4.39. The summed E-state index contributed by atoms with van der Waals surface area (Å²) in [5.41, 5.74) is 0.761. The lowest BCUT2D eigenvalue weighted by molar-refractivity contribution is -0.144. The third kappa shape index (κ3) is 1.95. The lowest BCUT2D eigenvalue weighted by Gasteiger charge is -2.16. The number of aliphatic carboxylic acids is 1. The van der Waals surface area contributed by atoms with E-state index >= 15 is 0 Å². The highest BCUT2D eigenvalue weighted by atomic mass is 16.6. The maximum absolute atomic E-state index is 11.4. The Kier molecular flexibility index (Phi) is 2.71. The van der Waals surface area contributed by atoms with Crippen molar-refractivity contribution >= 4 is 22.7 Å². The Labute approximate surface area is 109 Å². The van der Waals surface area contributed by atoms with Crippen LogP contribution in [0.2, 0.25) is 0 Å². The summed E-state index contributed by atoms with van der Waals surface area (Å²) in [4.78, 5) is 22.6. The Balaban J connectivity index is 2.13. The van der Waals surface area contributed by atoms with Crippen LogP contribution in [0, 0.1) is 5.92 Å². The molecule has 0 spiro atoms. The molecule has 4 nitrogen and oxygen atoms in total. The van der Waals surface area contributed by atoms with Crippen LogP contribution < -0.4 is 0 Å². The Hall–Kier alpha value is -2.36. The summed E-state index contributed by atoms with van der Waals surface area (Å²) in [5, 5.41) is 11.1. The summed E-state index contributed by atoms with van der Waals surface area (Å²) in [6.07, 6.45) is -0.764. The Morgan fingerprint density at radius 2 is 1.89 bits per heavy atom. The molecule has 1 aliphatic heterocycles. The smallest absolute Gasteiger partial charge is 0.311 e. The van der Waals surface area contributed by atoms with Gasteiger partial charge < -0.3 is 9.84 Å². The van der Waals surface area contributed by atoms with Crippen molar-refractivity contribution in [3.63, 3.8) is 0 Å². The van der Waals surface area contributed by atoms with E-state index in [0.29, 0.717) is 0 Å². The minimum Gasteiger partial charge on any atom is -0.481 e. The third-order valence-corrected chi connectivity index (χ3v) is 3.46. The molecule has 1 saturated heterocycles. The van der Waals surface area contributed by atoms with Crippen molar-refractivity contribution in [1.82, 2.24) is 0 Å². The van der Waals surface area contributed by atoms with Crippen LogP contribution in [0.5, 0.6) is 0 Å². The number of fused-ring (bicyclic) bond motifs is 1. The van der Waals surface area contributed by atoms with Gasteiger partial charge in [-0.2, -0.15) is 0 Å². The van der Waals surface area contributed by atoms with Crippen LogP contribution in [0.4, 0.5) is 0 Å². The zero-order valence-corrected chi connectivity index (χ0v) is 10.1. The second-order valence-electron chi connectivity index (χ2n) is 4.63. The average Bonchev–Trinajstić information content (AvgIpc) is 2.80. The Morgan fingerprint density at radius 3 is 2.68 bits per heavy atom. The van der Waals surface area contributed by atoms with Gasteiger partial charge in [-0.3, -0.25) is 9.59 Å². The molecule has 0 unspecified atom stereocenters. The van der Waals surface area contributed by atoms with Crippen molar-refractivity contribution in [2.75, 3.05) is 0 Å². The van der Waals surface area contributed by atoms with Gasteiger partial charge in [0.05, 0.1) is 6.42 Å². The second-order valence-corrected chi connectivity index (χ2v) is 4.63. The first kappa shape index (κ1) is 11.7. The minimum atomic E-state index is -0.996. The number of hydrogen-bond acceptors (Lipinski definition) is 3. The van der Waals surface area contributed by atoms with E-state index in [4.69, 9.17) is 4.74 Å². The van der Waals surface area contributed by atoms with Crippen LogP contribution in [0.3, 0.4) is 0 Å². The molecular formula is C15H12O4. The monoisotopic (exact) mass is 256 g/mol. The van der Waals surface area contributed by atoms with Crippen LogP contribution in [0.1, 0.15) is 18.1 Å². The molecule has 2 aromatic rings. The van der Waals surface area contributed by atoms with Gasteiger partial charge >= 0.3 is 11.9 Å². The number of hydrogen-bond donors (Lipinski definition) is 1. The number of carboxylic acid groups (broad SMARTS) is 1. The number of carbonyl (C=O) groups is 2. The number of cyclic esters (lactones) is 1. The summed E-state index contributed by atoms with van der Waals surface area (Å²) in [7, 11) is 0. The molecule has 0 saturated carbocycles. The molecule has 96 valence electrons. The first-order chi connectivity index (χ1) is 9.16. The maximum atomic E-state index is 11.4. The Morgan fingerprint density at radius 1 is 1.16 bits per heavy atom. The summed E-state index contributed by atoms with van der Waals surface area (Å²) < 4.78 is 5.21. The van der Waals surface area contributed by atoms with Crippen LogP contribution in [0.15, 0.2) is 42.5 Å². The number of carboxylic acids is 1. The van der Waals surface area contributed by atoms with Gasteiger partial charge in [0.2, 0.25) is 0 Å². The first-order valence-corrected chi connectivity index (χ1v) is 6.07. The predicted molar refractivity (Wildman–Crippen MR) is 68.5 cm³/mol. The predicted octanol–water partition coefficient (Wildman–Crippen LogP) is 2.53. The fourth-order valence-corrected chi connectivity index (χ4v) is 2.55. The molecule has 0 amide bonds. The SMILES string of the molecule is O=C1C[C@H](C(=O)O)[C@H](c2cccc3ccccc23)O1. The summed E-state index contributed by atoms with van der Waals surface area (Å²) in [6, 6.07) is 13.3. The van der Waals surface area contributed by atoms with Crippen LogP contribution in [-0.2, 0) is 14.3 Å². The van der Waals surface area contributed by atoms with Gasteiger partial charge in [-0.1, -0.05) is 42.5 Å². The number of ether oxygens (including phenoxy) is 1. The summed E-state index contributed by atoms with van der Waals surface area (Å²) >= 11 is 0. The fraction of sp³-hybridized carbons (Fsp3) is 0.200. The zero-order valence-electron chi connectivity index (χ0n) is 10.1. The molecule has 1 fully saturated rings. The molecule has 0 aliphatic carbocycles. The summed E-state index contributed by atoms with van der Waals surface area (Å²) in [5.74, 6) is -2.26. The van der Waals surface area contributed by atoms with E-state index < -0.39 is 24.0 Å². The standard InChI is InChI=1S/C15H12O4/c16-13-8-12(15(17)18)14(19-13)11-7-3-5-9-4-1-2-6-10(9)11/h1-7,12,14H,8H2,(H,17,18)/t12-,14-/m0/s1. The normalized spacial score (nSPS) is 22.4. The lowest BCUT2D eigenvalue weighted by atomic mass is 9.92.